The highest BCUT2D eigenvalue weighted by Crippen LogP contribution is 1.94. The Balaban J connectivity index is 3.34. The molecule has 98 valence electrons. The minimum Gasteiger partial charge on any atom is -0.389 e. The molecule has 0 amide bonds. The van der Waals surface area contributed by atoms with Gasteiger partial charge < -0.3 is 24.8 Å². The first kappa shape index (κ1) is 16.4. The minimum atomic E-state index is -0.801. The van der Waals surface area contributed by atoms with Crippen molar-refractivity contribution in [2.45, 2.75) is 18.3 Å². The zero-order chi connectivity index (χ0) is 12.4. The maximum Gasteiger partial charge on any atom is 0.101 e. The van der Waals surface area contributed by atoms with E-state index in [1.807, 2.05) is 0 Å². The first-order chi connectivity index (χ1) is 7.60. The van der Waals surface area contributed by atoms with E-state index in [0.717, 1.165) is 0 Å². The predicted molar refractivity (Wildman–Crippen MR) is 61.1 cm³/mol. The number of aliphatic hydroxyl groups is 3. The molecule has 0 saturated carbocycles. The highest BCUT2D eigenvalue weighted by molar-refractivity contribution is 6.18. The lowest BCUT2D eigenvalue weighted by Gasteiger charge is -2.14. The molecule has 0 aromatic heterocycles. The van der Waals surface area contributed by atoms with Crippen LogP contribution in [0.4, 0.5) is 0 Å². The molecule has 16 heavy (non-hydrogen) atoms. The van der Waals surface area contributed by atoms with Crippen molar-refractivity contribution in [3.63, 3.8) is 0 Å². The lowest BCUT2D eigenvalue weighted by Crippen LogP contribution is -2.27. The third kappa shape index (κ3) is 9.59. The van der Waals surface area contributed by atoms with Crippen LogP contribution >= 0.6 is 23.2 Å². The average molecular weight is 277 g/mol. The molecule has 0 aliphatic heterocycles. The molecule has 0 saturated heterocycles. The summed E-state index contributed by atoms with van der Waals surface area (Å²) in [6.07, 6.45) is -2.26. The van der Waals surface area contributed by atoms with Crippen LogP contribution in [0.1, 0.15) is 0 Å². The molecule has 0 spiro atoms. The monoisotopic (exact) mass is 276 g/mol. The molecule has 0 bridgehead atoms. The average Bonchev–Trinajstić information content (AvgIpc) is 2.28. The molecule has 3 N–H and O–H groups in total. The standard InChI is InChI=1S/C9H18Cl2O5/c10-1-7(12)3-15-5-9(14)6-16-4-8(13)2-11/h7-9,12-14H,1-6H2/t7-,8-/m0/s1. The van der Waals surface area contributed by atoms with E-state index in [9.17, 15) is 5.11 Å². The van der Waals surface area contributed by atoms with Crippen molar-refractivity contribution in [3.05, 3.63) is 0 Å². The van der Waals surface area contributed by atoms with Crippen molar-refractivity contribution in [2.24, 2.45) is 0 Å². The summed E-state index contributed by atoms with van der Waals surface area (Å²) < 4.78 is 9.96. The van der Waals surface area contributed by atoms with E-state index >= 15 is 0 Å². The first-order valence-corrected chi connectivity index (χ1v) is 5.98. The van der Waals surface area contributed by atoms with Crippen molar-refractivity contribution in [2.75, 3.05) is 38.2 Å². The summed E-state index contributed by atoms with van der Waals surface area (Å²) in [6, 6.07) is 0. The summed E-state index contributed by atoms with van der Waals surface area (Å²) in [5, 5.41) is 27.4. The van der Waals surface area contributed by atoms with E-state index in [0.29, 0.717) is 0 Å². The van der Waals surface area contributed by atoms with Crippen LogP contribution in [0.3, 0.4) is 0 Å². The molecule has 0 aliphatic rings. The van der Waals surface area contributed by atoms with Gasteiger partial charge in [0.1, 0.15) is 6.10 Å². The lowest BCUT2D eigenvalue weighted by molar-refractivity contribution is -0.0476. The number of alkyl halides is 2. The summed E-state index contributed by atoms with van der Waals surface area (Å²) in [5.74, 6) is 0.184. The Morgan fingerprint density at radius 1 is 0.688 bits per heavy atom. The molecular formula is C9H18Cl2O5. The zero-order valence-corrected chi connectivity index (χ0v) is 10.4. The topological polar surface area (TPSA) is 79.2 Å². The molecular weight excluding hydrogens is 259 g/mol. The Morgan fingerprint density at radius 3 is 1.31 bits per heavy atom. The quantitative estimate of drug-likeness (QED) is 0.473. The summed E-state index contributed by atoms with van der Waals surface area (Å²) >= 11 is 10.7. The first-order valence-electron chi connectivity index (χ1n) is 4.91. The van der Waals surface area contributed by atoms with Crippen molar-refractivity contribution < 1.29 is 24.8 Å². The maximum absolute atomic E-state index is 9.34. The van der Waals surface area contributed by atoms with E-state index in [1.165, 1.54) is 0 Å². The zero-order valence-electron chi connectivity index (χ0n) is 8.89. The number of hydrogen-bond donors (Lipinski definition) is 3. The van der Waals surface area contributed by atoms with Crippen LogP contribution in [-0.2, 0) is 9.47 Å². The summed E-state index contributed by atoms with van der Waals surface area (Å²) in [5.41, 5.74) is 0. The van der Waals surface area contributed by atoms with E-state index in [-0.39, 0.29) is 38.2 Å². The van der Waals surface area contributed by atoms with Gasteiger partial charge in [0.2, 0.25) is 0 Å². The number of aliphatic hydroxyl groups excluding tert-OH is 3. The van der Waals surface area contributed by atoms with Crippen LogP contribution in [0, 0.1) is 0 Å². The van der Waals surface area contributed by atoms with Crippen LogP contribution in [0.15, 0.2) is 0 Å². The van der Waals surface area contributed by atoms with E-state index in [1.54, 1.807) is 0 Å². The summed E-state index contributed by atoms with van der Waals surface area (Å²) in [4.78, 5) is 0. The molecule has 2 atom stereocenters. The lowest BCUT2D eigenvalue weighted by atomic mass is 10.4. The van der Waals surface area contributed by atoms with Crippen LogP contribution < -0.4 is 0 Å². The van der Waals surface area contributed by atoms with Gasteiger partial charge >= 0.3 is 0 Å². The van der Waals surface area contributed by atoms with Gasteiger partial charge in [-0.25, -0.2) is 0 Å². The summed E-state index contributed by atoms with van der Waals surface area (Å²) in [7, 11) is 0. The number of hydrogen-bond acceptors (Lipinski definition) is 5. The molecule has 5 nitrogen and oxygen atoms in total. The number of ether oxygens (including phenoxy) is 2. The van der Waals surface area contributed by atoms with Crippen molar-refractivity contribution in [3.8, 4) is 0 Å². The van der Waals surface area contributed by atoms with Gasteiger partial charge in [-0.3, -0.25) is 0 Å². The van der Waals surface area contributed by atoms with Gasteiger partial charge in [0.25, 0.3) is 0 Å². The Hall–Kier alpha value is 0.380. The molecule has 7 heteroatoms. The molecule has 0 aromatic rings. The highest BCUT2D eigenvalue weighted by Gasteiger charge is 2.08. The maximum atomic E-state index is 9.34. The number of halogens is 2. The predicted octanol–water partition coefficient (Wildman–Crippen LogP) is -0.420. The second kappa shape index (κ2) is 10.5. The van der Waals surface area contributed by atoms with Gasteiger partial charge in [0.15, 0.2) is 0 Å². The Morgan fingerprint density at radius 2 is 1.00 bits per heavy atom. The smallest absolute Gasteiger partial charge is 0.101 e. The Bertz CT molecular complexity index is 145. The SMILES string of the molecule is OC(COC[C@@H](O)CCl)COC[C@@H](O)CCl. The van der Waals surface area contributed by atoms with Crippen LogP contribution in [0.25, 0.3) is 0 Å². The van der Waals surface area contributed by atoms with Gasteiger partial charge in [-0.15, -0.1) is 23.2 Å². The largest absolute Gasteiger partial charge is 0.389 e. The fourth-order valence-electron chi connectivity index (χ4n) is 0.817. The van der Waals surface area contributed by atoms with Crippen molar-refractivity contribution >= 4 is 23.2 Å². The molecule has 0 heterocycles. The van der Waals surface area contributed by atoms with E-state index in [2.05, 4.69) is 0 Å². The van der Waals surface area contributed by atoms with E-state index in [4.69, 9.17) is 42.9 Å². The molecule has 0 aliphatic carbocycles. The third-order valence-electron chi connectivity index (χ3n) is 1.60. The molecule has 0 aromatic carbocycles. The fraction of sp³-hybridized carbons (Fsp3) is 1.00. The van der Waals surface area contributed by atoms with Crippen molar-refractivity contribution in [1.29, 1.82) is 0 Å². The van der Waals surface area contributed by atoms with Crippen molar-refractivity contribution in [1.82, 2.24) is 0 Å². The molecule has 0 radical (unpaired) electrons. The van der Waals surface area contributed by atoms with Gasteiger partial charge in [0.05, 0.1) is 50.4 Å². The Labute approximate surface area is 105 Å². The van der Waals surface area contributed by atoms with Crippen LogP contribution in [-0.4, -0.2) is 71.8 Å². The Kier molecular flexibility index (Phi) is 10.8. The van der Waals surface area contributed by atoms with Gasteiger partial charge in [-0.2, -0.15) is 0 Å². The minimum absolute atomic E-state index is 0.0465. The van der Waals surface area contributed by atoms with Crippen LogP contribution in [0.5, 0.6) is 0 Å². The van der Waals surface area contributed by atoms with Crippen LogP contribution in [0.2, 0.25) is 0 Å². The number of rotatable bonds is 10. The molecule has 0 unspecified atom stereocenters. The molecule has 0 rings (SSSR count). The molecule has 0 fully saturated rings. The summed E-state index contributed by atoms with van der Waals surface area (Å²) in [6.45, 7) is 0.242. The van der Waals surface area contributed by atoms with E-state index < -0.39 is 18.3 Å². The normalized spacial score (nSPS) is 15.4. The fourth-order valence-corrected chi connectivity index (χ4v) is 0.996. The second-order valence-corrected chi connectivity index (χ2v) is 3.96. The van der Waals surface area contributed by atoms with Gasteiger partial charge in [-0.1, -0.05) is 0 Å². The van der Waals surface area contributed by atoms with Gasteiger partial charge in [-0.05, 0) is 0 Å². The van der Waals surface area contributed by atoms with Gasteiger partial charge in [0, 0.05) is 0 Å². The third-order valence-corrected chi connectivity index (χ3v) is 2.31. The second-order valence-electron chi connectivity index (χ2n) is 3.34. The highest BCUT2D eigenvalue weighted by atomic mass is 35.5.